The van der Waals surface area contributed by atoms with E-state index in [1.165, 1.54) is 66.8 Å². The van der Waals surface area contributed by atoms with Crippen molar-refractivity contribution in [2.24, 2.45) is 0 Å². The fourth-order valence-corrected chi connectivity index (χ4v) is 62.8. The first-order valence-corrected chi connectivity index (χ1v) is 36.3. The Hall–Kier alpha value is -4.11. The summed E-state index contributed by atoms with van der Waals surface area (Å²) in [5.41, 5.74) is 15.6. The van der Waals surface area contributed by atoms with E-state index in [1.807, 2.05) is 0 Å². The van der Waals surface area contributed by atoms with Gasteiger partial charge in [-0.1, -0.05) is 0 Å². The zero-order valence-electron chi connectivity index (χ0n) is 30.2. The molecule has 0 saturated carbocycles. The minimum atomic E-state index is -4.42. The second kappa shape index (κ2) is 12.6. The molecule has 0 amide bonds. The van der Waals surface area contributed by atoms with Gasteiger partial charge in [-0.05, 0) is 0 Å². The maximum absolute atomic E-state index is 4.42. The van der Waals surface area contributed by atoms with Crippen LogP contribution in [0.1, 0.15) is 51.9 Å². The molecule has 2 heteroatoms. The van der Waals surface area contributed by atoms with Gasteiger partial charge in [-0.25, -0.2) is 0 Å². The Kier molecular flexibility index (Phi) is 8.32. The first kappa shape index (κ1) is 33.1. The summed E-state index contributed by atoms with van der Waals surface area (Å²) in [4.78, 5) is 0. The van der Waals surface area contributed by atoms with Gasteiger partial charge in [0.05, 0.1) is 0 Å². The van der Waals surface area contributed by atoms with Crippen LogP contribution in [0.4, 0.5) is 0 Å². The van der Waals surface area contributed by atoms with Crippen LogP contribution in [-0.4, -0.2) is 5.49 Å². The van der Waals surface area contributed by atoms with Crippen LogP contribution in [-0.2, 0) is 17.1 Å². The van der Waals surface area contributed by atoms with Gasteiger partial charge >= 0.3 is 302 Å². The third kappa shape index (κ3) is 5.09. The topological polar surface area (TPSA) is 0 Å². The fourth-order valence-electron chi connectivity index (χ4n) is 9.93. The van der Waals surface area contributed by atoms with Crippen molar-refractivity contribution in [1.82, 2.24) is 0 Å². The van der Waals surface area contributed by atoms with Crippen molar-refractivity contribution >= 4 is 28.0 Å². The Morgan fingerprint density at radius 2 is 0.780 bits per heavy atom. The Morgan fingerprint density at radius 3 is 1.16 bits per heavy atom. The molecule has 2 aliphatic carbocycles. The van der Waals surface area contributed by atoms with Gasteiger partial charge in [0.25, 0.3) is 0 Å². The molecule has 0 N–H and O–H groups in total. The molecular weight excluding hydrogens is 783 g/mol. The second-order valence-electron chi connectivity index (χ2n) is 15.5. The number of fused-ring (bicyclic) bond motifs is 2. The van der Waals surface area contributed by atoms with Crippen LogP contribution >= 0.6 is 0 Å². The van der Waals surface area contributed by atoms with Gasteiger partial charge in [-0.3, -0.25) is 0 Å². The Balaban J connectivity index is 1.47. The van der Waals surface area contributed by atoms with Crippen molar-refractivity contribution in [2.75, 3.05) is 0 Å². The molecule has 0 bridgehead atoms. The zero-order chi connectivity index (χ0) is 34.6. The van der Waals surface area contributed by atoms with Crippen molar-refractivity contribution < 1.29 is 17.1 Å². The van der Waals surface area contributed by atoms with Crippen LogP contribution in [0.2, 0.25) is 9.36 Å². The molecule has 0 heterocycles. The van der Waals surface area contributed by atoms with Crippen molar-refractivity contribution in [3.05, 3.63) is 190 Å². The number of benzene rings is 6. The molecule has 6 aromatic rings. The van der Waals surface area contributed by atoms with Crippen LogP contribution in [0.15, 0.2) is 146 Å². The van der Waals surface area contributed by atoms with Crippen molar-refractivity contribution in [3.8, 4) is 22.3 Å². The average Bonchev–Trinajstić information content (AvgIpc) is 3.77. The first-order chi connectivity index (χ1) is 24.2. The van der Waals surface area contributed by atoms with E-state index in [0.29, 0.717) is 7.35 Å². The molecule has 0 saturated heterocycles. The summed E-state index contributed by atoms with van der Waals surface area (Å²) >= 11 is -4.42. The molecule has 246 valence electrons. The molecule has 0 nitrogen and oxygen atoms in total. The molecule has 2 aliphatic rings. The molecule has 8 rings (SSSR count). The Morgan fingerprint density at radius 1 is 0.420 bits per heavy atom. The summed E-state index contributed by atoms with van der Waals surface area (Å²) in [5.74, 6) is 0. The van der Waals surface area contributed by atoms with Gasteiger partial charge in [-0.15, -0.1) is 0 Å². The predicted octanol–water partition coefficient (Wildman–Crippen LogP) is 11.7. The molecule has 2 unspecified atom stereocenters. The molecule has 0 fully saturated rings. The van der Waals surface area contributed by atoms with Crippen molar-refractivity contribution in [3.63, 3.8) is 0 Å². The summed E-state index contributed by atoms with van der Waals surface area (Å²) in [6, 6.07) is 51.1. The molecular formula is C48H46HfSi. The zero-order valence-corrected chi connectivity index (χ0v) is 34.8. The molecule has 6 aromatic carbocycles. The van der Waals surface area contributed by atoms with E-state index in [2.05, 4.69) is 195 Å². The van der Waals surface area contributed by atoms with Crippen molar-refractivity contribution in [2.45, 2.75) is 44.4 Å². The van der Waals surface area contributed by atoms with E-state index in [9.17, 15) is 0 Å². The van der Waals surface area contributed by atoms with Crippen molar-refractivity contribution in [1.29, 1.82) is 0 Å². The average molecular weight is 829 g/mol. The van der Waals surface area contributed by atoms with Crippen LogP contribution in [0.5, 0.6) is 0 Å². The number of rotatable bonds is 6. The van der Waals surface area contributed by atoms with E-state index < -0.39 is 22.6 Å². The number of allylic oxidation sites excluding steroid dienone is 2. The minimum absolute atomic E-state index is 0.394. The quantitative estimate of drug-likeness (QED) is 0.147. The fraction of sp³-hybridized carbons (Fsp3) is 0.167. The third-order valence-electron chi connectivity index (χ3n) is 12.2. The van der Waals surface area contributed by atoms with E-state index in [-0.39, 0.29) is 0 Å². The van der Waals surface area contributed by atoms with Gasteiger partial charge in [-0.2, -0.15) is 0 Å². The molecule has 0 radical (unpaired) electrons. The molecule has 0 aromatic heterocycles. The van der Waals surface area contributed by atoms with Gasteiger partial charge < -0.3 is 0 Å². The van der Waals surface area contributed by atoms with Gasteiger partial charge in [0.1, 0.15) is 0 Å². The maximum atomic E-state index is 2.86. The number of aryl methyl sites for hydroxylation is 4. The van der Waals surface area contributed by atoms with Crippen LogP contribution in [0, 0.1) is 27.7 Å². The summed E-state index contributed by atoms with van der Waals surface area (Å²) in [6.45, 7) is 9.07. The number of hydrogen-bond donors (Lipinski definition) is 0. The summed E-state index contributed by atoms with van der Waals surface area (Å²) in [5, 5.41) is 3.09. The Labute approximate surface area is 299 Å². The summed E-state index contributed by atoms with van der Waals surface area (Å²) < 4.78 is 6.50. The number of hydrogen-bond acceptors (Lipinski definition) is 0. The van der Waals surface area contributed by atoms with E-state index in [0.717, 1.165) is 0 Å². The molecule has 0 aliphatic heterocycles. The first-order valence-electron chi connectivity index (χ1n) is 18.1. The van der Waals surface area contributed by atoms with E-state index in [4.69, 9.17) is 0 Å². The van der Waals surface area contributed by atoms with Gasteiger partial charge in [0.2, 0.25) is 0 Å². The monoisotopic (exact) mass is 830 g/mol. The predicted molar refractivity (Wildman–Crippen MR) is 216 cm³/mol. The molecule has 2 atom stereocenters. The normalized spacial score (nSPS) is 16.4. The molecule has 50 heavy (non-hydrogen) atoms. The Bertz CT molecular complexity index is 2220. The molecule has 0 spiro atoms. The van der Waals surface area contributed by atoms with Crippen LogP contribution in [0.3, 0.4) is 0 Å². The standard InChI is InChI=1S/2C17H15.C12H10Si.2CH3.Hf/c2*1-12-6-3-7-13(2)17(12)16-11-5-9-14-8-4-10-15(14)16;1-3-7-11(8-4-1)13-12-9-5-2-6-10-12;;;/h2*3-11H,1-2H3;1-10H;2*1H3;. The second-order valence-corrected chi connectivity index (χ2v) is 59.0. The van der Waals surface area contributed by atoms with Gasteiger partial charge in [0, 0.05) is 0 Å². The van der Waals surface area contributed by atoms with E-state index in [1.54, 1.807) is 10.4 Å². The van der Waals surface area contributed by atoms with Crippen LogP contribution in [0.25, 0.3) is 34.4 Å². The van der Waals surface area contributed by atoms with Gasteiger partial charge in [0.15, 0.2) is 0 Å². The van der Waals surface area contributed by atoms with Crippen LogP contribution < -0.4 is 10.4 Å². The summed E-state index contributed by atoms with van der Waals surface area (Å²) in [7, 11) is 0. The third-order valence-corrected chi connectivity index (χ3v) is 61.3. The SMILES string of the molecule is Cc1cccc(C)c1-c1cccc2c1C=C[CH]2[Hf]([CH3])([CH3])([CH]1C=Cc2c(-c3c(C)cccc3C)cccc21)=[Si](c1ccccc1)c1ccccc1. The summed E-state index contributed by atoms with van der Waals surface area (Å²) in [6.07, 6.45) is 10.3. The van der Waals surface area contributed by atoms with E-state index >= 15 is 0 Å².